The third-order valence-corrected chi connectivity index (χ3v) is 2.67. The lowest BCUT2D eigenvalue weighted by Crippen LogP contribution is -2.34. The molecule has 2 atom stereocenters. The van der Waals surface area contributed by atoms with E-state index < -0.39 is 6.10 Å². The minimum absolute atomic E-state index is 0.202. The highest BCUT2D eigenvalue weighted by Gasteiger charge is 2.14. The van der Waals surface area contributed by atoms with Gasteiger partial charge in [-0.25, -0.2) is 0 Å². The molecular formula is C15H25NO2. The summed E-state index contributed by atoms with van der Waals surface area (Å²) in [6, 6.07) is 10.4. The number of hydrogen-bond donors (Lipinski definition) is 2. The van der Waals surface area contributed by atoms with Gasteiger partial charge in [-0.05, 0) is 33.3 Å². The largest absolute Gasteiger partial charge is 0.389 e. The van der Waals surface area contributed by atoms with Crippen molar-refractivity contribution in [2.24, 2.45) is 0 Å². The van der Waals surface area contributed by atoms with Gasteiger partial charge in [0.2, 0.25) is 0 Å². The molecule has 0 bridgehead atoms. The van der Waals surface area contributed by atoms with Gasteiger partial charge in [-0.1, -0.05) is 30.3 Å². The first kappa shape index (κ1) is 15.2. The average Bonchev–Trinajstić information content (AvgIpc) is 2.33. The molecule has 2 unspecified atom stereocenters. The smallest absolute Gasteiger partial charge is 0.0898 e. The van der Waals surface area contributed by atoms with Crippen LogP contribution in [0.2, 0.25) is 0 Å². The first-order chi connectivity index (χ1) is 8.38. The molecule has 0 spiro atoms. The van der Waals surface area contributed by atoms with Gasteiger partial charge in [0.25, 0.3) is 0 Å². The lowest BCUT2D eigenvalue weighted by Gasteiger charge is -2.23. The van der Waals surface area contributed by atoms with E-state index >= 15 is 0 Å². The molecule has 0 fully saturated rings. The van der Waals surface area contributed by atoms with E-state index in [2.05, 4.69) is 24.4 Å². The lowest BCUT2D eigenvalue weighted by atomic mass is 10.1. The Morgan fingerprint density at radius 2 is 1.83 bits per heavy atom. The Morgan fingerprint density at radius 3 is 2.39 bits per heavy atom. The number of aliphatic hydroxyl groups is 1. The number of hydrogen-bond acceptors (Lipinski definition) is 3. The highest BCUT2D eigenvalue weighted by molar-refractivity contribution is 5.17. The maximum absolute atomic E-state index is 9.82. The molecule has 18 heavy (non-hydrogen) atoms. The SMILES string of the molecule is CC(NCC(O)COC(C)(C)C)c1ccccc1. The topological polar surface area (TPSA) is 41.5 Å². The van der Waals surface area contributed by atoms with Gasteiger partial charge in [-0.3, -0.25) is 0 Å². The molecule has 0 aliphatic carbocycles. The molecule has 1 rings (SSSR count). The molecule has 1 aromatic rings. The van der Waals surface area contributed by atoms with Crippen molar-refractivity contribution < 1.29 is 9.84 Å². The summed E-state index contributed by atoms with van der Waals surface area (Å²) in [6.45, 7) is 8.94. The van der Waals surface area contributed by atoms with E-state index in [-0.39, 0.29) is 11.6 Å². The number of nitrogens with one attached hydrogen (secondary N) is 1. The molecule has 0 aliphatic rings. The van der Waals surface area contributed by atoms with Crippen molar-refractivity contribution >= 4 is 0 Å². The maximum Gasteiger partial charge on any atom is 0.0898 e. The monoisotopic (exact) mass is 251 g/mol. The molecule has 102 valence electrons. The summed E-state index contributed by atoms with van der Waals surface area (Å²) < 4.78 is 5.54. The van der Waals surface area contributed by atoms with E-state index in [1.165, 1.54) is 5.56 Å². The Kier molecular flexibility index (Phi) is 5.79. The van der Waals surface area contributed by atoms with Crippen LogP contribution in [-0.4, -0.2) is 30.0 Å². The van der Waals surface area contributed by atoms with Gasteiger partial charge in [0.05, 0.1) is 18.3 Å². The minimum atomic E-state index is -0.476. The van der Waals surface area contributed by atoms with Crippen LogP contribution in [0.5, 0.6) is 0 Å². The Balaban J connectivity index is 2.28. The lowest BCUT2D eigenvalue weighted by molar-refractivity contribution is -0.0482. The van der Waals surface area contributed by atoms with Crippen LogP contribution in [0, 0.1) is 0 Å². The van der Waals surface area contributed by atoms with E-state index in [1.54, 1.807) is 0 Å². The quantitative estimate of drug-likeness (QED) is 0.816. The summed E-state index contributed by atoms with van der Waals surface area (Å²) in [4.78, 5) is 0. The summed E-state index contributed by atoms with van der Waals surface area (Å²) in [5.41, 5.74) is 1.02. The molecule has 3 nitrogen and oxygen atoms in total. The van der Waals surface area contributed by atoms with E-state index in [4.69, 9.17) is 4.74 Å². The fraction of sp³-hybridized carbons (Fsp3) is 0.600. The van der Waals surface area contributed by atoms with Gasteiger partial charge in [-0.2, -0.15) is 0 Å². The molecule has 2 N–H and O–H groups in total. The van der Waals surface area contributed by atoms with Crippen molar-refractivity contribution in [1.29, 1.82) is 0 Å². The van der Waals surface area contributed by atoms with Gasteiger partial charge < -0.3 is 15.2 Å². The number of aliphatic hydroxyl groups excluding tert-OH is 1. The van der Waals surface area contributed by atoms with Crippen LogP contribution in [0.1, 0.15) is 39.3 Å². The van der Waals surface area contributed by atoms with Crippen molar-refractivity contribution in [1.82, 2.24) is 5.32 Å². The van der Waals surface area contributed by atoms with Crippen LogP contribution in [-0.2, 0) is 4.74 Å². The molecule has 0 aromatic heterocycles. The summed E-state index contributed by atoms with van der Waals surface area (Å²) in [5, 5.41) is 13.1. The summed E-state index contributed by atoms with van der Waals surface area (Å²) >= 11 is 0. The van der Waals surface area contributed by atoms with Crippen LogP contribution in [0.25, 0.3) is 0 Å². The Morgan fingerprint density at radius 1 is 1.22 bits per heavy atom. The molecule has 3 heteroatoms. The Labute approximate surface area is 110 Å². The van der Waals surface area contributed by atoms with Crippen LogP contribution in [0.3, 0.4) is 0 Å². The molecule has 0 heterocycles. The second-order valence-electron chi connectivity index (χ2n) is 5.62. The second-order valence-corrected chi connectivity index (χ2v) is 5.62. The fourth-order valence-electron chi connectivity index (χ4n) is 1.58. The number of rotatable bonds is 6. The van der Waals surface area contributed by atoms with E-state index in [0.29, 0.717) is 13.2 Å². The van der Waals surface area contributed by atoms with Crippen molar-refractivity contribution in [2.45, 2.75) is 45.4 Å². The molecule has 0 aliphatic heterocycles. The van der Waals surface area contributed by atoms with Gasteiger partial charge >= 0.3 is 0 Å². The second kappa shape index (κ2) is 6.88. The molecule has 0 amide bonds. The first-order valence-corrected chi connectivity index (χ1v) is 6.49. The van der Waals surface area contributed by atoms with Crippen LogP contribution in [0.4, 0.5) is 0 Å². The molecular weight excluding hydrogens is 226 g/mol. The zero-order chi connectivity index (χ0) is 13.6. The third kappa shape index (κ3) is 6.15. The number of ether oxygens (including phenoxy) is 1. The zero-order valence-corrected chi connectivity index (χ0v) is 11.8. The van der Waals surface area contributed by atoms with E-state index in [0.717, 1.165) is 0 Å². The normalized spacial score (nSPS) is 15.4. The maximum atomic E-state index is 9.82. The Bertz CT molecular complexity index is 332. The van der Waals surface area contributed by atoms with E-state index in [1.807, 2.05) is 39.0 Å². The van der Waals surface area contributed by atoms with Gasteiger partial charge in [0.1, 0.15) is 0 Å². The van der Waals surface area contributed by atoms with Crippen LogP contribution >= 0.6 is 0 Å². The highest BCUT2D eigenvalue weighted by atomic mass is 16.5. The summed E-state index contributed by atoms with van der Waals surface area (Å²) in [7, 11) is 0. The number of benzene rings is 1. The first-order valence-electron chi connectivity index (χ1n) is 6.49. The predicted octanol–water partition coefficient (Wildman–Crippen LogP) is 2.51. The molecule has 0 saturated heterocycles. The van der Waals surface area contributed by atoms with Gasteiger partial charge in [0, 0.05) is 12.6 Å². The van der Waals surface area contributed by atoms with Crippen LogP contribution < -0.4 is 5.32 Å². The van der Waals surface area contributed by atoms with Crippen molar-refractivity contribution in [2.75, 3.05) is 13.2 Å². The van der Waals surface area contributed by atoms with Crippen molar-refractivity contribution in [3.63, 3.8) is 0 Å². The standard InChI is InChI=1S/C15H25NO2/c1-12(13-8-6-5-7-9-13)16-10-14(17)11-18-15(2,3)4/h5-9,12,14,16-17H,10-11H2,1-4H3. The Hall–Kier alpha value is -0.900. The zero-order valence-electron chi connectivity index (χ0n) is 11.8. The molecule has 0 radical (unpaired) electrons. The van der Waals surface area contributed by atoms with Crippen molar-refractivity contribution in [3.8, 4) is 0 Å². The fourth-order valence-corrected chi connectivity index (χ4v) is 1.58. The molecule has 1 aromatic carbocycles. The minimum Gasteiger partial charge on any atom is -0.389 e. The van der Waals surface area contributed by atoms with Crippen LogP contribution in [0.15, 0.2) is 30.3 Å². The highest BCUT2D eigenvalue weighted by Crippen LogP contribution is 2.11. The molecule has 0 saturated carbocycles. The van der Waals surface area contributed by atoms with Gasteiger partial charge in [0.15, 0.2) is 0 Å². The average molecular weight is 251 g/mol. The third-order valence-electron chi connectivity index (χ3n) is 2.67. The van der Waals surface area contributed by atoms with Gasteiger partial charge in [-0.15, -0.1) is 0 Å². The summed E-state index contributed by atoms with van der Waals surface area (Å²) in [5.74, 6) is 0. The van der Waals surface area contributed by atoms with E-state index in [9.17, 15) is 5.11 Å². The van der Waals surface area contributed by atoms with Crippen molar-refractivity contribution in [3.05, 3.63) is 35.9 Å². The predicted molar refractivity (Wildman–Crippen MR) is 74.6 cm³/mol. The summed E-state index contributed by atoms with van der Waals surface area (Å²) in [6.07, 6.45) is -0.476.